The molecule has 2 aromatic rings. The van der Waals surface area contributed by atoms with Gasteiger partial charge in [-0.2, -0.15) is 0 Å². The maximum atomic E-state index is 12.5. The van der Waals surface area contributed by atoms with Crippen LogP contribution in [0.15, 0.2) is 42.5 Å². The lowest BCUT2D eigenvalue weighted by molar-refractivity contribution is 0.0925. The summed E-state index contributed by atoms with van der Waals surface area (Å²) in [6, 6.07) is 12.6. The predicted molar refractivity (Wildman–Crippen MR) is 101 cm³/mol. The minimum Gasteiger partial charge on any atom is -0.486 e. The van der Waals surface area contributed by atoms with E-state index in [2.05, 4.69) is 19.2 Å². The summed E-state index contributed by atoms with van der Waals surface area (Å²) in [6.07, 6.45) is 0. The number of fused-ring (bicyclic) bond motifs is 1. The highest BCUT2D eigenvalue weighted by Gasteiger charge is 2.22. The molecule has 0 bridgehead atoms. The Kier molecular flexibility index (Phi) is 6.15. The third-order valence-electron chi connectivity index (χ3n) is 4.05. The van der Waals surface area contributed by atoms with Crippen LogP contribution in [0.2, 0.25) is 0 Å². The summed E-state index contributed by atoms with van der Waals surface area (Å²) in [6.45, 7) is 5.25. The Bertz CT molecular complexity index is 732. The molecule has 1 amide bonds. The first-order valence-corrected chi connectivity index (χ1v) is 8.10. The zero-order valence-corrected chi connectivity index (χ0v) is 15.1. The van der Waals surface area contributed by atoms with Crippen molar-refractivity contribution in [3.63, 3.8) is 0 Å². The van der Waals surface area contributed by atoms with Gasteiger partial charge in [0, 0.05) is 11.3 Å². The monoisotopic (exact) mass is 362 g/mol. The number of nitrogens with two attached hydrogens (primary N) is 1. The standard InChI is InChI=1S/C19H22N2O3.ClH/c1-12(2)18(21-19(22)13-3-6-15(20)7-4-13)14-5-8-16-17(11-14)24-10-9-23-16;/h3-8,11-12,18H,9-10,20H2,1-2H3,(H,21,22);1H. The average Bonchev–Trinajstić information content (AvgIpc) is 2.59. The summed E-state index contributed by atoms with van der Waals surface area (Å²) in [7, 11) is 0. The fourth-order valence-electron chi connectivity index (χ4n) is 2.75. The smallest absolute Gasteiger partial charge is 0.251 e. The third kappa shape index (κ3) is 4.37. The fourth-order valence-corrected chi connectivity index (χ4v) is 2.75. The molecule has 6 heteroatoms. The number of amides is 1. The molecule has 1 heterocycles. The molecule has 0 radical (unpaired) electrons. The fraction of sp³-hybridized carbons (Fsp3) is 0.316. The van der Waals surface area contributed by atoms with Crippen LogP contribution >= 0.6 is 12.4 Å². The molecule has 0 spiro atoms. The summed E-state index contributed by atoms with van der Waals surface area (Å²) >= 11 is 0. The van der Waals surface area contributed by atoms with Crippen molar-refractivity contribution in [2.24, 2.45) is 5.92 Å². The second kappa shape index (κ2) is 8.12. The van der Waals surface area contributed by atoms with Crippen molar-refractivity contribution < 1.29 is 14.3 Å². The van der Waals surface area contributed by atoms with Gasteiger partial charge in [-0.25, -0.2) is 0 Å². The van der Waals surface area contributed by atoms with E-state index < -0.39 is 0 Å². The van der Waals surface area contributed by atoms with Crippen molar-refractivity contribution in [1.29, 1.82) is 0 Å². The van der Waals surface area contributed by atoms with Gasteiger partial charge in [-0.15, -0.1) is 12.4 Å². The zero-order valence-electron chi connectivity index (χ0n) is 14.3. The number of halogens is 1. The van der Waals surface area contributed by atoms with Gasteiger partial charge in [-0.3, -0.25) is 4.79 Å². The van der Waals surface area contributed by atoms with Gasteiger partial charge in [0.1, 0.15) is 13.2 Å². The van der Waals surface area contributed by atoms with Crippen LogP contribution in [0.3, 0.4) is 0 Å². The summed E-state index contributed by atoms with van der Waals surface area (Å²) in [5.41, 5.74) is 7.90. The van der Waals surface area contributed by atoms with Crippen LogP contribution in [-0.4, -0.2) is 19.1 Å². The molecule has 1 unspecified atom stereocenters. The second-order valence-corrected chi connectivity index (χ2v) is 6.22. The first-order chi connectivity index (χ1) is 11.5. The normalized spacial score (nSPS) is 13.7. The number of carbonyl (C=O) groups is 1. The summed E-state index contributed by atoms with van der Waals surface area (Å²) in [5.74, 6) is 1.58. The van der Waals surface area contributed by atoms with Crippen LogP contribution in [0.5, 0.6) is 11.5 Å². The van der Waals surface area contributed by atoms with Crippen LogP contribution in [-0.2, 0) is 0 Å². The molecule has 0 saturated heterocycles. The van der Waals surface area contributed by atoms with E-state index in [1.165, 1.54) is 0 Å². The largest absolute Gasteiger partial charge is 0.486 e. The summed E-state index contributed by atoms with van der Waals surface area (Å²) in [4.78, 5) is 12.5. The van der Waals surface area contributed by atoms with Crippen molar-refractivity contribution in [2.75, 3.05) is 18.9 Å². The minimum atomic E-state index is -0.122. The van der Waals surface area contributed by atoms with Gasteiger partial charge in [-0.05, 0) is 47.9 Å². The topological polar surface area (TPSA) is 73.6 Å². The van der Waals surface area contributed by atoms with Crippen LogP contribution in [0, 0.1) is 5.92 Å². The number of hydrogen-bond donors (Lipinski definition) is 2. The van der Waals surface area contributed by atoms with Gasteiger partial charge in [0.2, 0.25) is 0 Å². The minimum absolute atomic E-state index is 0. The van der Waals surface area contributed by atoms with E-state index in [0.717, 1.165) is 17.1 Å². The quantitative estimate of drug-likeness (QED) is 0.815. The Morgan fingerprint density at radius 1 is 1.04 bits per heavy atom. The summed E-state index contributed by atoms with van der Waals surface area (Å²) < 4.78 is 11.2. The van der Waals surface area contributed by atoms with Crippen LogP contribution in [0.4, 0.5) is 5.69 Å². The van der Waals surface area contributed by atoms with E-state index in [-0.39, 0.29) is 30.3 Å². The molecule has 0 fully saturated rings. The third-order valence-corrected chi connectivity index (χ3v) is 4.05. The number of rotatable bonds is 4. The first kappa shape index (κ1) is 18.9. The van der Waals surface area contributed by atoms with E-state index in [9.17, 15) is 4.79 Å². The van der Waals surface area contributed by atoms with Gasteiger partial charge in [0.05, 0.1) is 6.04 Å². The van der Waals surface area contributed by atoms with Gasteiger partial charge >= 0.3 is 0 Å². The van der Waals surface area contributed by atoms with Crippen molar-refractivity contribution in [3.05, 3.63) is 53.6 Å². The highest BCUT2D eigenvalue weighted by Crippen LogP contribution is 2.34. The first-order valence-electron chi connectivity index (χ1n) is 8.10. The van der Waals surface area contributed by atoms with E-state index in [1.807, 2.05) is 18.2 Å². The molecular weight excluding hydrogens is 340 g/mol. The number of carbonyl (C=O) groups excluding carboxylic acids is 1. The highest BCUT2D eigenvalue weighted by atomic mass is 35.5. The Balaban J connectivity index is 0.00000225. The van der Waals surface area contributed by atoms with Crippen molar-refractivity contribution in [3.8, 4) is 11.5 Å². The van der Waals surface area contributed by atoms with Crippen LogP contribution in [0.25, 0.3) is 0 Å². The number of anilines is 1. The Hall–Kier alpha value is -2.40. The van der Waals surface area contributed by atoms with Gasteiger partial charge < -0.3 is 20.5 Å². The molecular formula is C19H23ClN2O3. The van der Waals surface area contributed by atoms with Crippen molar-refractivity contribution in [1.82, 2.24) is 5.32 Å². The molecule has 1 aliphatic heterocycles. The molecule has 0 aromatic heterocycles. The average molecular weight is 363 g/mol. The lowest BCUT2D eigenvalue weighted by Gasteiger charge is -2.25. The van der Waals surface area contributed by atoms with E-state index in [4.69, 9.17) is 15.2 Å². The lowest BCUT2D eigenvalue weighted by atomic mass is 9.95. The maximum absolute atomic E-state index is 12.5. The molecule has 3 rings (SSSR count). The SMILES string of the molecule is CC(C)C(NC(=O)c1ccc(N)cc1)c1ccc2c(c1)OCCO2.Cl. The van der Waals surface area contributed by atoms with Crippen molar-refractivity contribution >= 4 is 24.0 Å². The van der Waals surface area contributed by atoms with Crippen LogP contribution in [0.1, 0.15) is 35.8 Å². The molecule has 25 heavy (non-hydrogen) atoms. The molecule has 5 nitrogen and oxygen atoms in total. The Labute approximate surface area is 153 Å². The Morgan fingerprint density at radius 2 is 1.68 bits per heavy atom. The molecule has 1 aliphatic rings. The zero-order chi connectivity index (χ0) is 17.1. The molecule has 0 aliphatic carbocycles. The lowest BCUT2D eigenvalue weighted by Crippen LogP contribution is -2.31. The van der Waals surface area contributed by atoms with Gasteiger partial charge in [0.25, 0.3) is 5.91 Å². The number of nitrogens with one attached hydrogen (secondary N) is 1. The Morgan fingerprint density at radius 3 is 2.32 bits per heavy atom. The molecule has 0 saturated carbocycles. The van der Waals surface area contributed by atoms with Crippen molar-refractivity contribution in [2.45, 2.75) is 19.9 Å². The number of nitrogen functional groups attached to an aromatic ring is 1. The van der Waals surface area contributed by atoms with Gasteiger partial charge in [-0.1, -0.05) is 19.9 Å². The number of ether oxygens (including phenoxy) is 2. The number of hydrogen-bond acceptors (Lipinski definition) is 4. The van der Waals surface area contributed by atoms with Gasteiger partial charge in [0.15, 0.2) is 11.5 Å². The molecule has 3 N–H and O–H groups in total. The number of benzene rings is 2. The van der Waals surface area contributed by atoms with E-state index in [0.29, 0.717) is 24.5 Å². The molecule has 134 valence electrons. The van der Waals surface area contributed by atoms with E-state index in [1.54, 1.807) is 24.3 Å². The van der Waals surface area contributed by atoms with Crippen LogP contribution < -0.4 is 20.5 Å². The second-order valence-electron chi connectivity index (χ2n) is 6.22. The maximum Gasteiger partial charge on any atom is 0.251 e. The molecule has 1 atom stereocenters. The summed E-state index contributed by atoms with van der Waals surface area (Å²) in [5, 5.41) is 3.10. The van der Waals surface area contributed by atoms with E-state index >= 15 is 0 Å². The molecule has 2 aromatic carbocycles. The predicted octanol–water partition coefficient (Wildman–Crippen LogP) is 3.59. The highest BCUT2D eigenvalue weighted by molar-refractivity contribution is 5.94.